The zero-order valence-corrected chi connectivity index (χ0v) is 10.4. The maximum atomic E-state index is 12.3. The van der Waals surface area contributed by atoms with Gasteiger partial charge in [-0.05, 0) is 45.0 Å². The number of ketones is 1. The van der Waals surface area contributed by atoms with Gasteiger partial charge in [0.2, 0.25) is 0 Å². The summed E-state index contributed by atoms with van der Waals surface area (Å²) in [7, 11) is 0. The number of nitrogens with zero attached hydrogens (tertiary/aromatic N) is 1. The summed E-state index contributed by atoms with van der Waals surface area (Å²) in [5.41, 5.74) is 7.09. The van der Waals surface area contributed by atoms with Crippen molar-refractivity contribution in [3.63, 3.8) is 0 Å². The Morgan fingerprint density at radius 1 is 1.29 bits per heavy atom. The van der Waals surface area contributed by atoms with Crippen LogP contribution in [-0.2, 0) is 0 Å². The Kier molecular flexibility index (Phi) is 3.79. The van der Waals surface area contributed by atoms with E-state index in [9.17, 15) is 4.79 Å². The molecule has 1 aromatic rings. The van der Waals surface area contributed by atoms with Gasteiger partial charge in [0.1, 0.15) is 0 Å². The van der Waals surface area contributed by atoms with Crippen molar-refractivity contribution in [3.8, 4) is 0 Å². The third-order valence-corrected chi connectivity index (χ3v) is 3.49. The molecule has 1 aliphatic heterocycles. The second kappa shape index (κ2) is 5.32. The highest BCUT2D eigenvalue weighted by Gasteiger charge is 2.23. The summed E-state index contributed by atoms with van der Waals surface area (Å²) in [4.78, 5) is 14.6. The maximum absolute atomic E-state index is 12.3. The molecule has 3 heteroatoms. The highest BCUT2D eigenvalue weighted by Crippen LogP contribution is 2.16. The van der Waals surface area contributed by atoms with Gasteiger partial charge in [-0.2, -0.15) is 0 Å². The molecular formula is C14H20N2O. The first-order valence-electron chi connectivity index (χ1n) is 6.32. The number of benzene rings is 1. The van der Waals surface area contributed by atoms with Crippen LogP contribution in [0.4, 0.5) is 5.69 Å². The molecule has 2 rings (SSSR count). The van der Waals surface area contributed by atoms with Crippen molar-refractivity contribution in [2.24, 2.45) is 0 Å². The van der Waals surface area contributed by atoms with Gasteiger partial charge in [-0.15, -0.1) is 0 Å². The number of rotatable bonds is 3. The molecule has 92 valence electrons. The summed E-state index contributed by atoms with van der Waals surface area (Å²) in [5, 5.41) is 0. The third-order valence-electron chi connectivity index (χ3n) is 3.49. The number of anilines is 1. The van der Waals surface area contributed by atoms with E-state index >= 15 is 0 Å². The molecule has 1 fully saturated rings. The van der Waals surface area contributed by atoms with Crippen molar-refractivity contribution >= 4 is 11.5 Å². The van der Waals surface area contributed by atoms with Crippen LogP contribution in [0.5, 0.6) is 0 Å². The van der Waals surface area contributed by atoms with Crippen LogP contribution in [0, 0.1) is 0 Å². The van der Waals surface area contributed by atoms with E-state index in [4.69, 9.17) is 5.73 Å². The number of Topliss-reactive ketones (excluding diaryl/α,β-unsaturated/α-hetero) is 1. The normalized spacial score (nSPS) is 18.9. The van der Waals surface area contributed by atoms with Crippen molar-refractivity contribution in [1.29, 1.82) is 0 Å². The number of carbonyl (C=O) groups is 1. The molecule has 17 heavy (non-hydrogen) atoms. The van der Waals surface area contributed by atoms with Gasteiger partial charge in [0, 0.05) is 11.3 Å². The summed E-state index contributed by atoms with van der Waals surface area (Å²) in [6, 6.07) is 7.23. The molecule has 1 aromatic carbocycles. The lowest BCUT2D eigenvalue weighted by Gasteiger charge is -2.31. The predicted molar refractivity (Wildman–Crippen MR) is 70.1 cm³/mol. The van der Waals surface area contributed by atoms with E-state index in [1.165, 1.54) is 19.3 Å². The van der Waals surface area contributed by atoms with Crippen molar-refractivity contribution in [2.75, 3.05) is 18.8 Å². The fourth-order valence-corrected chi connectivity index (χ4v) is 2.40. The average Bonchev–Trinajstić information content (AvgIpc) is 2.38. The van der Waals surface area contributed by atoms with E-state index in [0.29, 0.717) is 5.69 Å². The van der Waals surface area contributed by atoms with E-state index in [2.05, 4.69) is 4.90 Å². The number of nitrogens with two attached hydrogens (primary N) is 1. The Balaban J connectivity index is 2.08. The van der Waals surface area contributed by atoms with Crippen molar-refractivity contribution in [1.82, 2.24) is 4.90 Å². The predicted octanol–water partition coefficient (Wildman–Crippen LogP) is 2.33. The molecule has 3 nitrogen and oxygen atoms in total. The van der Waals surface area contributed by atoms with E-state index in [1.807, 2.05) is 25.1 Å². The quantitative estimate of drug-likeness (QED) is 0.642. The average molecular weight is 232 g/mol. The Labute approximate surface area is 103 Å². The Bertz CT molecular complexity index is 397. The molecule has 0 spiro atoms. The third kappa shape index (κ3) is 2.86. The first-order valence-corrected chi connectivity index (χ1v) is 6.32. The van der Waals surface area contributed by atoms with Gasteiger partial charge in [-0.1, -0.05) is 18.6 Å². The molecule has 1 aliphatic rings. The van der Waals surface area contributed by atoms with Crippen LogP contribution in [0.25, 0.3) is 0 Å². The fraction of sp³-hybridized carbons (Fsp3) is 0.500. The molecule has 0 aromatic heterocycles. The summed E-state index contributed by atoms with van der Waals surface area (Å²) in [6.07, 6.45) is 3.69. The fourth-order valence-electron chi connectivity index (χ4n) is 2.40. The van der Waals surface area contributed by atoms with Crippen LogP contribution in [0.3, 0.4) is 0 Å². The molecular weight excluding hydrogens is 212 g/mol. The van der Waals surface area contributed by atoms with Crippen LogP contribution < -0.4 is 5.73 Å². The zero-order valence-electron chi connectivity index (χ0n) is 10.4. The maximum Gasteiger partial charge on any atom is 0.179 e. The number of nitrogen functional groups attached to an aromatic ring is 1. The van der Waals surface area contributed by atoms with Gasteiger partial charge in [-0.25, -0.2) is 0 Å². The molecule has 1 atom stereocenters. The van der Waals surface area contributed by atoms with Crippen LogP contribution >= 0.6 is 0 Å². The smallest absolute Gasteiger partial charge is 0.179 e. The largest absolute Gasteiger partial charge is 0.399 e. The summed E-state index contributed by atoms with van der Waals surface area (Å²) in [6.45, 7) is 4.07. The number of likely N-dealkylation sites (tertiary alicyclic amines) is 1. The summed E-state index contributed by atoms with van der Waals surface area (Å²) in [5.74, 6) is 0.180. The Morgan fingerprint density at radius 3 is 2.65 bits per heavy atom. The van der Waals surface area contributed by atoms with Gasteiger partial charge in [0.05, 0.1) is 6.04 Å². The number of hydrogen-bond acceptors (Lipinski definition) is 3. The minimum absolute atomic E-state index is 0.0305. The molecule has 0 aliphatic carbocycles. The van der Waals surface area contributed by atoms with Gasteiger partial charge in [0.25, 0.3) is 0 Å². The number of piperidine rings is 1. The summed E-state index contributed by atoms with van der Waals surface area (Å²) < 4.78 is 0. The number of hydrogen-bond donors (Lipinski definition) is 1. The van der Waals surface area contributed by atoms with Crippen LogP contribution in [-0.4, -0.2) is 29.8 Å². The Hall–Kier alpha value is -1.35. The lowest BCUT2D eigenvalue weighted by Crippen LogP contribution is -2.42. The van der Waals surface area contributed by atoms with Crippen molar-refractivity contribution < 1.29 is 4.79 Å². The van der Waals surface area contributed by atoms with Crippen molar-refractivity contribution in [2.45, 2.75) is 32.2 Å². The molecule has 1 heterocycles. The standard InChI is InChI=1S/C14H20N2O/c1-11(16-8-3-2-4-9-16)14(17)12-6-5-7-13(15)10-12/h5-7,10-11H,2-4,8-9,15H2,1H3. The van der Waals surface area contributed by atoms with Gasteiger partial charge < -0.3 is 5.73 Å². The zero-order chi connectivity index (χ0) is 12.3. The topological polar surface area (TPSA) is 46.3 Å². The van der Waals surface area contributed by atoms with E-state index < -0.39 is 0 Å². The first-order chi connectivity index (χ1) is 8.18. The molecule has 1 saturated heterocycles. The Morgan fingerprint density at radius 2 is 2.00 bits per heavy atom. The molecule has 0 amide bonds. The SMILES string of the molecule is CC(C(=O)c1cccc(N)c1)N1CCCCC1. The van der Waals surface area contributed by atoms with Gasteiger partial charge in [0.15, 0.2) is 5.78 Å². The first kappa shape index (κ1) is 12.1. The molecule has 1 unspecified atom stereocenters. The second-order valence-electron chi connectivity index (χ2n) is 4.76. The minimum Gasteiger partial charge on any atom is -0.399 e. The molecule has 0 saturated carbocycles. The van der Waals surface area contributed by atoms with E-state index in [1.54, 1.807) is 6.07 Å². The molecule has 2 N–H and O–H groups in total. The minimum atomic E-state index is -0.0305. The van der Waals surface area contributed by atoms with E-state index in [0.717, 1.165) is 18.7 Å². The second-order valence-corrected chi connectivity index (χ2v) is 4.76. The molecule has 0 radical (unpaired) electrons. The number of carbonyl (C=O) groups excluding carboxylic acids is 1. The van der Waals surface area contributed by atoms with Crippen LogP contribution in [0.15, 0.2) is 24.3 Å². The lowest BCUT2D eigenvalue weighted by molar-refractivity contribution is 0.0809. The lowest BCUT2D eigenvalue weighted by atomic mass is 10.0. The van der Waals surface area contributed by atoms with Gasteiger partial charge >= 0.3 is 0 Å². The van der Waals surface area contributed by atoms with Crippen LogP contribution in [0.2, 0.25) is 0 Å². The van der Waals surface area contributed by atoms with Crippen molar-refractivity contribution in [3.05, 3.63) is 29.8 Å². The molecule has 0 bridgehead atoms. The monoisotopic (exact) mass is 232 g/mol. The highest BCUT2D eigenvalue weighted by atomic mass is 16.1. The highest BCUT2D eigenvalue weighted by molar-refractivity contribution is 6.00. The van der Waals surface area contributed by atoms with E-state index in [-0.39, 0.29) is 11.8 Å². The van der Waals surface area contributed by atoms with Crippen LogP contribution in [0.1, 0.15) is 36.5 Å². The van der Waals surface area contributed by atoms with Gasteiger partial charge in [-0.3, -0.25) is 9.69 Å². The summed E-state index contributed by atoms with van der Waals surface area (Å²) >= 11 is 0.